The number of methoxy groups -OCH3 is 2. The third kappa shape index (κ3) is 3.81. The summed E-state index contributed by atoms with van der Waals surface area (Å²) in [6, 6.07) is 4.86. The Kier molecular flexibility index (Phi) is 5.31. The summed E-state index contributed by atoms with van der Waals surface area (Å²) in [7, 11) is -0.113. The van der Waals surface area contributed by atoms with E-state index in [1.807, 2.05) is 6.20 Å². The highest BCUT2D eigenvalue weighted by Crippen LogP contribution is 2.33. The van der Waals surface area contributed by atoms with E-state index in [9.17, 15) is 8.42 Å². The molecular weight excluding hydrogens is 408 g/mol. The lowest BCUT2D eigenvalue weighted by Gasteiger charge is -2.09. The minimum absolute atomic E-state index is 0.235. The van der Waals surface area contributed by atoms with Crippen molar-refractivity contribution in [1.29, 1.82) is 0 Å². The van der Waals surface area contributed by atoms with Crippen molar-refractivity contribution in [2.24, 2.45) is 0 Å². The number of nitrogens with zero attached hydrogens (tertiary/aromatic N) is 4. The first-order valence-corrected chi connectivity index (χ1v) is 11.1. The highest BCUT2D eigenvalue weighted by atomic mass is 32.2. The van der Waals surface area contributed by atoms with E-state index >= 15 is 0 Å². The number of aromatic amines is 1. The number of ether oxygens (including phenoxy) is 2. The first-order chi connectivity index (χ1) is 14.4. The molecule has 0 unspecified atom stereocenters. The maximum Gasteiger partial charge on any atom is 0.256 e. The van der Waals surface area contributed by atoms with Gasteiger partial charge in [0.2, 0.25) is 0 Å². The number of benzene rings is 1. The molecule has 3 aromatic heterocycles. The summed E-state index contributed by atoms with van der Waals surface area (Å²) in [5.74, 6) is 0.978. The lowest BCUT2D eigenvalue weighted by Crippen LogP contribution is -2.02. The van der Waals surface area contributed by atoms with Crippen molar-refractivity contribution in [3.05, 3.63) is 30.6 Å². The van der Waals surface area contributed by atoms with Gasteiger partial charge in [-0.2, -0.15) is 5.10 Å². The third-order valence-corrected chi connectivity index (χ3v) is 5.81. The maximum absolute atomic E-state index is 11.9. The van der Waals surface area contributed by atoms with E-state index in [-0.39, 0.29) is 4.90 Å². The van der Waals surface area contributed by atoms with E-state index in [0.717, 1.165) is 11.8 Å². The molecule has 0 aliphatic carbocycles. The van der Waals surface area contributed by atoms with Crippen LogP contribution >= 0.6 is 0 Å². The summed E-state index contributed by atoms with van der Waals surface area (Å²) in [6.07, 6.45) is 5.50. The van der Waals surface area contributed by atoms with E-state index in [1.54, 1.807) is 43.3 Å². The Morgan fingerprint density at radius 3 is 2.80 bits per heavy atom. The summed E-state index contributed by atoms with van der Waals surface area (Å²) in [5, 5.41) is 16.2. The molecule has 0 saturated carbocycles. The summed E-state index contributed by atoms with van der Waals surface area (Å²) in [5.41, 5.74) is 1.96. The molecule has 0 atom stereocenters. The number of nitrogens with one attached hydrogen (secondary N) is 2. The molecule has 0 amide bonds. The Hall–Kier alpha value is -3.18. The van der Waals surface area contributed by atoms with Gasteiger partial charge in [-0.05, 0) is 24.6 Å². The fourth-order valence-corrected chi connectivity index (χ4v) is 3.90. The van der Waals surface area contributed by atoms with Gasteiger partial charge in [0.25, 0.3) is 5.88 Å². The number of H-pyrrole nitrogens is 1. The zero-order chi connectivity index (χ0) is 21.3. The topological polar surface area (TPSA) is 124 Å². The van der Waals surface area contributed by atoms with Crippen molar-refractivity contribution in [3.8, 4) is 5.88 Å². The first kappa shape index (κ1) is 20.1. The number of anilines is 2. The number of aryl methyl sites for hydroxylation is 1. The van der Waals surface area contributed by atoms with E-state index in [0.29, 0.717) is 47.0 Å². The van der Waals surface area contributed by atoms with Crippen LogP contribution in [0.4, 0.5) is 11.5 Å². The molecule has 4 aromatic rings. The second-order valence-electron chi connectivity index (χ2n) is 6.86. The number of hydrogen-bond donors (Lipinski definition) is 2. The van der Waals surface area contributed by atoms with Crippen molar-refractivity contribution in [2.45, 2.75) is 17.9 Å². The van der Waals surface area contributed by atoms with Gasteiger partial charge in [0.05, 0.1) is 29.9 Å². The number of pyridine rings is 1. The summed E-state index contributed by atoms with van der Waals surface area (Å²) < 4.78 is 36.1. The first-order valence-electron chi connectivity index (χ1n) is 9.25. The van der Waals surface area contributed by atoms with Crippen molar-refractivity contribution in [3.63, 3.8) is 0 Å². The largest absolute Gasteiger partial charge is 0.478 e. The molecule has 11 heteroatoms. The smallest absolute Gasteiger partial charge is 0.256 e. The second kappa shape index (κ2) is 7.92. The Balaban J connectivity index is 1.75. The Labute approximate surface area is 173 Å². The zero-order valence-electron chi connectivity index (χ0n) is 16.8. The molecule has 0 spiro atoms. The zero-order valence-corrected chi connectivity index (χ0v) is 17.7. The molecule has 3 heterocycles. The Morgan fingerprint density at radius 2 is 2.07 bits per heavy atom. The fraction of sp³-hybridized carbons (Fsp3) is 0.316. The number of aromatic nitrogens is 5. The van der Waals surface area contributed by atoms with Gasteiger partial charge in [0.15, 0.2) is 15.7 Å². The number of hydrogen-bond acceptors (Lipinski definition) is 8. The molecule has 158 valence electrons. The summed E-state index contributed by atoms with van der Waals surface area (Å²) in [4.78, 5) is 4.90. The average Bonchev–Trinajstić information content (AvgIpc) is 3.34. The van der Waals surface area contributed by atoms with Crippen LogP contribution in [-0.2, 0) is 21.1 Å². The van der Waals surface area contributed by atoms with Gasteiger partial charge < -0.3 is 14.8 Å². The number of rotatable bonds is 8. The van der Waals surface area contributed by atoms with Gasteiger partial charge in [0.1, 0.15) is 11.2 Å². The van der Waals surface area contributed by atoms with Crippen LogP contribution in [0.25, 0.3) is 21.8 Å². The van der Waals surface area contributed by atoms with Gasteiger partial charge in [-0.25, -0.2) is 13.4 Å². The molecule has 0 aliphatic heterocycles. The molecule has 0 radical (unpaired) electrons. The molecule has 1 aromatic carbocycles. The maximum atomic E-state index is 11.9. The fourth-order valence-electron chi connectivity index (χ4n) is 3.25. The van der Waals surface area contributed by atoms with Gasteiger partial charge in [0, 0.05) is 37.3 Å². The monoisotopic (exact) mass is 430 g/mol. The lowest BCUT2D eigenvalue weighted by molar-refractivity contribution is 0.188. The molecule has 30 heavy (non-hydrogen) atoms. The Bertz CT molecular complexity index is 1310. The summed E-state index contributed by atoms with van der Waals surface area (Å²) >= 11 is 0. The van der Waals surface area contributed by atoms with Gasteiger partial charge >= 0.3 is 0 Å². The predicted octanol–water partition coefficient (Wildman–Crippen LogP) is 2.50. The minimum Gasteiger partial charge on any atom is -0.478 e. The van der Waals surface area contributed by atoms with E-state index in [1.165, 1.54) is 6.26 Å². The van der Waals surface area contributed by atoms with Crippen LogP contribution in [0.2, 0.25) is 0 Å². The average molecular weight is 430 g/mol. The summed E-state index contributed by atoms with van der Waals surface area (Å²) in [6.45, 7) is 1.33. The van der Waals surface area contributed by atoms with Gasteiger partial charge in [-0.15, -0.1) is 5.10 Å². The molecular formula is C19H22N6O4S. The van der Waals surface area contributed by atoms with Gasteiger partial charge in [-0.3, -0.25) is 9.78 Å². The van der Waals surface area contributed by atoms with E-state index in [4.69, 9.17) is 9.47 Å². The molecule has 0 bridgehead atoms. The van der Waals surface area contributed by atoms with Gasteiger partial charge in [-0.1, -0.05) is 0 Å². The molecule has 0 fully saturated rings. The van der Waals surface area contributed by atoms with Crippen LogP contribution in [0.1, 0.15) is 6.42 Å². The van der Waals surface area contributed by atoms with Crippen LogP contribution < -0.4 is 10.1 Å². The van der Waals surface area contributed by atoms with Crippen LogP contribution in [0.15, 0.2) is 35.5 Å². The molecule has 0 aliphatic rings. The Morgan fingerprint density at radius 1 is 1.23 bits per heavy atom. The third-order valence-electron chi connectivity index (χ3n) is 4.70. The molecule has 0 saturated heterocycles. The second-order valence-corrected chi connectivity index (χ2v) is 8.87. The number of fused-ring (bicyclic) bond motifs is 3. The van der Waals surface area contributed by atoms with Crippen LogP contribution in [0.3, 0.4) is 0 Å². The van der Waals surface area contributed by atoms with Crippen molar-refractivity contribution >= 4 is 43.1 Å². The highest BCUT2D eigenvalue weighted by molar-refractivity contribution is 7.90. The van der Waals surface area contributed by atoms with E-state index in [2.05, 4.69) is 25.6 Å². The van der Waals surface area contributed by atoms with Crippen molar-refractivity contribution in [1.82, 2.24) is 25.0 Å². The molecule has 10 nitrogen and oxygen atoms in total. The standard InChI is InChI=1S/C19H22N6O4S/c1-28-8-4-7-25-11-16(19(24-25)29-2)22-18-17-14(10-20-23-17)13-9-12(30(3,26)27)5-6-15(13)21-18/h5-6,9-11H,4,7-8H2,1-3H3,(H,20,23)(H,21,22). The normalized spacial score (nSPS) is 12.0. The SMILES string of the molecule is COCCCn1cc(Nc2nc3ccc(S(C)(=O)=O)cc3c3cn[nH]c23)c(OC)n1. The lowest BCUT2D eigenvalue weighted by atomic mass is 10.1. The van der Waals surface area contributed by atoms with Crippen molar-refractivity contribution < 1.29 is 17.9 Å². The quantitative estimate of drug-likeness (QED) is 0.409. The van der Waals surface area contributed by atoms with Crippen LogP contribution in [-0.4, -0.2) is 60.5 Å². The predicted molar refractivity (Wildman–Crippen MR) is 113 cm³/mol. The molecule has 4 rings (SSSR count). The van der Waals surface area contributed by atoms with Crippen molar-refractivity contribution in [2.75, 3.05) is 32.4 Å². The number of sulfone groups is 1. The van der Waals surface area contributed by atoms with Crippen LogP contribution in [0.5, 0.6) is 5.88 Å². The molecule has 2 N–H and O–H groups in total. The minimum atomic E-state index is -3.33. The highest BCUT2D eigenvalue weighted by Gasteiger charge is 2.17. The van der Waals surface area contributed by atoms with E-state index < -0.39 is 9.84 Å². The van der Waals surface area contributed by atoms with Crippen LogP contribution in [0, 0.1) is 0 Å².